The van der Waals surface area contributed by atoms with E-state index in [0.717, 1.165) is 43.4 Å². The fraction of sp³-hybridized carbons (Fsp3) is 0.667. The molecular formula is C12H20N4. The molecule has 0 radical (unpaired) electrons. The van der Waals surface area contributed by atoms with Crippen molar-refractivity contribution >= 4 is 5.82 Å². The zero-order valence-electron chi connectivity index (χ0n) is 10.3. The van der Waals surface area contributed by atoms with Crippen molar-refractivity contribution in [3.8, 4) is 0 Å². The minimum absolute atomic E-state index is 0.536. The summed E-state index contributed by atoms with van der Waals surface area (Å²) in [5.74, 6) is 1.96. The smallest absolute Gasteiger partial charge is 0.132 e. The van der Waals surface area contributed by atoms with Crippen LogP contribution < -0.4 is 10.2 Å². The second-order valence-corrected chi connectivity index (χ2v) is 4.42. The molecule has 1 atom stereocenters. The number of anilines is 1. The number of nitrogens with zero attached hydrogens (tertiary/aromatic N) is 3. The maximum Gasteiger partial charge on any atom is 0.132 e. The van der Waals surface area contributed by atoms with Gasteiger partial charge in [-0.25, -0.2) is 9.97 Å². The van der Waals surface area contributed by atoms with Gasteiger partial charge in [-0.15, -0.1) is 0 Å². The topological polar surface area (TPSA) is 41.0 Å². The predicted molar refractivity (Wildman–Crippen MR) is 65.8 cm³/mol. The largest absolute Gasteiger partial charge is 0.354 e. The molecule has 0 unspecified atom stereocenters. The average Bonchev–Trinajstić information content (AvgIpc) is 2.28. The van der Waals surface area contributed by atoms with Crippen molar-refractivity contribution in [1.29, 1.82) is 0 Å². The average molecular weight is 220 g/mol. The van der Waals surface area contributed by atoms with Gasteiger partial charge in [0.15, 0.2) is 0 Å². The molecule has 88 valence electrons. The van der Waals surface area contributed by atoms with Crippen molar-refractivity contribution < 1.29 is 0 Å². The molecule has 0 aliphatic carbocycles. The molecule has 1 aromatic rings. The number of aryl methyl sites for hydroxylation is 2. The third kappa shape index (κ3) is 2.50. The van der Waals surface area contributed by atoms with Crippen LogP contribution in [-0.4, -0.2) is 35.6 Å². The fourth-order valence-electron chi connectivity index (χ4n) is 2.10. The standard InChI is InChI=1S/C12H20N4/c1-4-11-7-12(15-10(3)14-11)16-6-5-13-9(2)8-16/h7,9,13H,4-6,8H2,1-3H3/t9-/m1/s1. The monoisotopic (exact) mass is 220 g/mol. The van der Waals surface area contributed by atoms with Crippen LogP contribution in [0.1, 0.15) is 25.4 Å². The van der Waals surface area contributed by atoms with Crippen molar-refractivity contribution in [2.45, 2.75) is 33.2 Å². The number of hydrogen-bond acceptors (Lipinski definition) is 4. The lowest BCUT2D eigenvalue weighted by Gasteiger charge is -2.33. The first-order valence-electron chi connectivity index (χ1n) is 6.02. The van der Waals surface area contributed by atoms with Crippen LogP contribution in [0.4, 0.5) is 5.82 Å². The van der Waals surface area contributed by atoms with E-state index in [1.807, 2.05) is 6.92 Å². The minimum Gasteiger partial charge on any atom is -0.354 e. The first kappa shape index (κ1) is 11.3. The van der Waals surface area contributed by atoms with Crippen LogP contribution in [0.2, 0.25) is 0 Å². The summed E-state index contributed by atoms with van der Waals surface area (Å²) in [6.07, 6.45) is 0.970. The van der Waals surface area contributed by atoms with Crippen LogP contribution in [0.15, 0.2) is 6.07 Å². The number of aromatic nitrogens is 2. The summed E-state index contributed by atoms with van der Waals surface area (Å²) < 4.78 is 0. The highest BCUT2D eigenvalue weighted by atomic mass is 15.2. The van der Waals surface area contributed by atoms with Gasteiger partial charge in [-0.05, 0) is 20.3 Å². The molecule has 0 bridgehead atoms. The maximum absolute atomic E-state index is 4.53. The summed E-state index contributed by atoms with van der Waals surface area (Å²) in [4.78, 5) is 11.3. The number of nitrogens with one attached hydrogen (secondary N) is 1. The zero-order chi connectivity index (χ0) is 11.5. The zero-order valence-corrected chi connectivity index (χ0v) is 10.3. The molecule has 0 saturated carbocycles. The Morgan fingerprint density at radius 3 is 3.00 bits per heavy atom. The molecule has 2 rings (SSSR count). The summed E-state index contributed by atoms with van der Waals surface area (Å²) in [5.41, 5.74) is 1.13. The summed E-state index contributed by atoms with van der Waals surface area (Å²) in [5, 5.41) is 3.44. The van der Waals surface area contributed by atoms with E-state index in [-0.39, 0.29) is 0 Å². The van der Waals surface area contributed by atoms with Crippen LogP contribution in [-0.2, 0) is 6.42 Å². The summed E-state index contributed by atoms with van der Waals surface area (Å²) >= 11 is 0. The van der Waals surface area contributed by atoms with Gasteiger partial charge in [0.1, 0.15) is 11.6 Å². The first-order chi connectivity index (χ1) is 7.69. The van der Waals surface area contributed by atoms with E-state index in [4.69, 9.17) is 0 Å². The van der Waals surface area contributed by atoms with E-state index in [1.165, 1.54) is 0 Å². The Labute approximate surface area is 97.1 Å². The predicted octanol–water partition coefficient (Wildman–Crippen LogP) is 1.15. The lowest BCUT2D eigenvalue weighted by Crippen LogP contribution is -2.49. The molecule has 16 heavy (non-hydrogen) atoms. The highest BCUT2D eigenvalue weighted by Crippen LogP contribution is 2.14. The summed E-state index contributed by atoms with van der Waals surface area (Å²) in [7, 11) is 0. The fourth-order valence-corrected chi connectivity index (χ4v) is 2.10. The van der Waals surface area contributed by atoms with Crippen molar-refractivity contribution in [3.05, 3.63) is 17.6 Å². The van der Waals surface area contributed by atoms with E-state index in [0.29, 0.717) is 6.04 Å². The van der Waals surface area contributed by atoms with Gasteiger partial charge in [0.2, 0.25) is 0 Å². The molecule has 1 saturated heterocycles. The normalized spacial score (nSPS) is 21.2. The second-order valence-electron chi connectivity index (χ2n) is 4.42. The van der Waals surface area contributed by atoms with Crippen molar-refractivity contribution in [3.63, 3.8) is 0 Å². The number of piperazine rings is 1. The van der Waals surface area contributed by atoms with Gasteiger partial charge in [-0.2, -0.15) is 0 Å². The highest BCUT2D eigenvalue weighted by molar-refractivity contribution is 5.40. The van der Waals surface area contributed by atoms with Crippen LogP contribution in [0.3, 0.4) is 0 Å². The Bertz CT molecular complexity index is 364. The molecule has 1 aliphatic heterocycles. The Morgan fingerprint density at radius 1 is 1.50 bits per heavy atom. The van der Waals surface area contributed by atoms with Crippen molar-refractivity contribution in [2.24, 2.45) is 0 Å². The maximum atomic E-state index is 4.53. The third-order valence-corrected chi connectivity index (χ3v) is 2.93. The van der Waals surface area contributed by atoms with E-state index in [9.17, 15) is 0 Å². The molecule has 1 N–H and O–H groups in total. The summed E-state index contributed by atoms with van der Waals surface area (Å²) in [6.45, 7) is 9.40. The van der Waals surface area contributed by atoms with Crippen LogP contribution >= 0.6 is 0 Å². The van der Waals surface area contributed by atoms with Gasteiger partial charge in [-0.1, -0.05) is 6.92 Å². The molecule has 4 nitrogen and oxygen atoms in total. The minimum atomic E-state index is 0.536. The van der Waals surface area contributed by atoms with Gasteiger partial charge < -0.3 is 10.2 Å². The van der Waals surface area contributed by atoms with E-state index in [1.54, 1.807) is 0 Å². The highest BCUT2D eigenvalue weighted by Gasteiger charge is 2.17. The van der Waals surface area contributed by atoms with Gasteiger partial charge >= 0.3 is 0 Å². The van der Waals surface area contributed by atoms with Gasteiger partial charge in [0, 0.05) is 37.4 Å². The molecule has 1 aromatic heterocycles. The molecule has 0 spiro atoms. The second kappa shape index (κ2) is 4.78. The molecule has 1 fully saturated rings. The van der Waals surface area contributed by atoms with Crippen molar-refractivity contribution in [1.82, 2.24) is 15.3 Å². The van der Waals surface area contributed by atoms with E-state index in [2.05, 4.69) is 40.1 Å². The van der Waals surface area contributed by atoms with Gasteiger partial charge in [-0.3, -0.25) is 0 Å². The first-order valence-corrected chi connectivity index (χ1v) is 6.02. The van der Waals surface area contributed by atoms with Gasteiger partial charge in [0.05, 0.1) is 0 Å². The molecule has 0 aromatic carbocycles. The van der Waals surface area contributed by atoms with Crippen LogP contribution in [0.5, 0.6) is 0 Å². The lowest BCUT2D eigenvalue weighted by molar-refractivity contribution is 0.481. The molecule has 2 heterocycles. The Morgan fingerprint density at radius 2 is 2.31 bits per heavy atom. The lowest BCUT2D eigenvalue weighted by atomic mass is 10.2. The molecule has 0 amide bonds. The summed E-state index contributed by atoms with van der Waals surface area (Å²) in [6, 6.07) is 2.65. The number of rotatable bonds is 2. The Kier molecular flexibility index (Phi) is 3.39. The Hall–Kier alpha value is -1.16. The van der Waals surface area contributed by atoms with Crippen LogP contribution in [0.25, 0.3) is 0 Å². The van der Waals surface area contributed by atoms with Crippen molar-refractivity contribution in [2.75, 3.05) is 24.5 Å². The molecule has 4 heteroatoms. The third-order valence-electron chi connectivity index (χ3n) is 2.93. The van der Waals surface area contributed by atoms with Gasteiger partial charge in [0.25, 0.3) is 0 Å². The quantitative estimate of drug-likeness (QED) is 0.811. The Balaban J connectivity index is 2.21. The SMILES string of the molecule is CCc1cc(N2CCN[C@H](C)C2)nc(C)n1. The molecular weight excluding hydrogens is 200 g/mol. The number of hydrogen-bond donors (Lipinski definition) is 1. The van der Waals surface area contributed by atoms with E-state index >= 15 is 0 Å². The van der Waals surface area contributed by atoms with Crippen LogP contribution in [0, 0.1) is 6.92 Å². The molecule has 1 aliphatic rings. The van der Waals surface area contributed by atoms with E-state index < -0.39 is 0 Å².